The van der Waals surface area contributed by atoms with Crippen molar-refractivity contribution < 1.29 is 14.3 Å². The number of hydrogen-bond donors (Lipinski definition) is 1. The Hall–Kier alpha value is -1.40. The third-order valence-corrected chi connectivity index (χ3v) is 4.59. The zero-order valence-electron chi connectivity index (χ0n) is 12.8. The van der Waals surface area contributed by atoms with Crippen LogP contribution in [0.15, 0.2) is 0 Å². The molecule has 0 saturated carbocycles. The van der Waals surface area contributed by atoms with E-state index >= 15 is 0 Å². The molecule has 0 radical (unpaired) electrons. The summed E-state index contributed by atoms with van der Waals surface area (Å²) >= 11 is 1.50. The topological polar surface area (TPSA) is 58.6 Å². The van der Waals surface area contributed by atoms with Crippen molar-refractivity contribution in [3.8, 4) is 0 Å². The second-order valence-electron chi connectivity index (χ2n) is 5.21. The fraction of sp³-hybridized carbons (Fsp3) is 0.600. The highest BCUT2D eigenvalue weighted by Gasteiger charge is 2.28. The van der Waals surface area contributed by atoms with Crippen LogP contribution in [0.4, 0.5) is 5.00 Å². The highest BCUT2D eigenvalue weighted by Crippen LogP contribution is 2.37. The van der Waals surface area contributed by atoms with E-state index in [1.807, 2.05) is 6.92 Å². The van der Waals surface area contributed by atoms with Gasteiger partial charge in [0.2, 0.25) is 5.91 Å². The maximum absolute atomic E-state index is 12.2. The van der Waals surface area contributed by atoms with E-state index in [0.29, 0.717) is 23.6 Å². The van der Waals surface area contributed by atoms with E-state index in [1.54, 1.807) is 6.92 Å². The summed E-state index contributed by atoms with van der Waals surface area (Å²) in [5.74, 6) is -0.374. The molecule has 0 aromatic carbocycles. The number of fused-ring (bicyclic) bond motifs is 1. The Kier molecular flexibility index (Phi) is 5.36. The first-order chi connectivity index (χ1) is 10.1. The molecule has 1 aromatic heterocycles. The number of nitrogens with one attached hydrogen (secondary N) is 1. The number of amides is 1. The van der Waals surface area contributed by atoms with Crippen molar-refractivity contribution in [2.24, 2.45) is 0 Å². The first-order valence-corrected chi connectivity index (χ1v) is 8.18. The van der Waals surface area contributed by atoms with Gasteiger partial charge in [0.05, 0.1) is 12.2 Å². The van der Waals surface area contributed by atoms with Crippen molar-refractivity contribution in [2.45, 2.75) is 39.7 Å². The maximum atomic E-state index is 12.2. The molecule has 0 aliphatic carbocycles. The zero-order chi connectivity index (χ0) is 15.4. The molecule has 6 heteroatoms. The SMILES string of the molecule is CCCC(=O)Nc1sc2c(c1C(=O)OCC)CCN(C)C2. The zero-order valence-corrected chi connectivity index (χ0v) is 13.6. The molecule has 5 nitrogen and oxygen atoms in total. The Morgan fingerprint density at radius 1 is 1.38 bits per heavy atom. The van der Waals surface area contributed by atoms with Gasteiger partial charge in [-0.25, -0.2) is 4.79 Å². The number of nitrogens with zero attached hydrogens (tertiary/aromatic N) is 1. The van der Waals surface area contributed by atoms with Gasteiger partial charge in [0.1, 0.15) is 5.00 Å². The van der Waals surface area contributed by atoms with E-state index in [9.17, 15) is 9.59 Å². The lowest BCUT2D eigenvalue weighted by molar-refractivity contribution is -0.116. The van der Waals surface area contributed by atoms with Gasteiger partial charge in [-0.1, -0.05) is 6.92 Å². The van der Waals surface area contributed by atoms with E-state index < -0.39 is 0 Å². The first kappa shape index (κ1) is 16.0. The number of anilines is 1. The summed E-state index contributed by atoms with van der Waals surface area (Å²) < 4.78 is 5.16. The summed E-state index contributed by atoms with van der Waals surface area (Å²) in [5, 5.41) is 3.53. The molecule has 0 saturated heterocycles. The number of ether oxygens (including phenoxy) is 1. The molecule has 1 aliphatic heterocycles. The molecular formula is C15H22N2O3S. The standard InChI is InChI=1S/C15H22N2O3S/c1-4-6-12(18)16-14-13(15(19)20-5-2)10-7-8-17(3)9-11(10)21-14/h4-9H2,1-3H3,(H,16,18). The fourth-order valence-electron chi connectivity index (χ4n) is 2.45. The number of thiophene rings is 1. The number of esters is 1. The summed E-state index contributed by atoms with van der Waals surface area (Å²) in [5.41, 5.74) is 1.61. The number of carbonyl (C=O) groups is 2. The minimum atomic E-state index is -0.327. The number of rotatable bonds is 5. The highest BCUT2D eigenvalue weighted by atomic mass is 32.1. The van der Waals surface area contributed by atoms with Crippen LogP contribution in [0.1, 0.15) is 47.5 Å². The van der Waals surface area contributed by atoms with Crippen LogP contribution in [0.5, 0.6) is 0 Å². The minimum Gasteiger partial charge on any atom is -0.462 e. The van der Waals surface area contributed by atoms with Gasteiger partial charge >= 0.3 is 5.97 Å². The third kappa shape index (κ3) is 3.63. The Labute approximate surface area is 129 Å². The van der Waals surface area contributed by atoms with Gasteiger partial charge in [-0.2, -0.15) is 0 Å². The van der Waals surface area contributed by atoms with Gasteiger partial charge in [-0.15, -0.1) is 11.3 Å². The van der Waals surface area contributed by atoms with E-state index in [4.69, 9.17) is 4.74 Å². The van der Waals surface area contributed by atoms with Gasteiger partial charge in [0, 0.05) is 24.4 Å². The molecule has 0 fully saturated rings. The molecule has 0 spiro atoms. The van der Waals surface area contributed by atoms with E-state index in [-0.39, 0.29) is 11.9 Å². The molecule has 1 aliphatic rings. The summed E-state index contributed by atoms with van der Waals surface area (Å²) in [6, 6.07) is 0. The van der Waals surface area contributed by atoms with Gasteiger partial charge in [0.15, 0.2) is 0 Å². The van der Waals surface area contributed by atoms with E-state index in [0.717, 1.165) is 36.4 Å². The van der Waals surface area contributed by atoms with E-state index in [2.05, 4.69) is 17.3 Å². The number of carbonyl (C=O) groups excluding carboxylic acids is 2. The van der Waals surface area contributed by atoms with Gasteiger partial charge in [-0.3, -0.25) is 4.79 Å². The van der Waals surface area contributed by atoms with Crippen LogP contribution in [0.25, 0.3) is 0 Å². The molecule has 21 heavy (non-hydrogen) atoms. The highest BCUT2D eigenvalue weighted by molar-refractivity contribution is 7.17. The molecule has 2 heterocycles. The summed E-state index contributed by atoms with van der Waals surface area (Å²) in [4.78, 5) is 27.5. The largest absolute Gasteiger partial charge is 0.462 e. The normalized spacial score (nSPS) is 14.6. The van der Waals surface area contributed by atoms with Gasteiger partial charge < -0.3 is 15.0 Å². The molecule has 2 rings (SSSR count). The van der Waals surface area contributed by atoms with Crippen molar-refractivity contribution in [2.75, 3.05) is 25.5 Å². The molecule has 0 unspecified atom stereocenters. The van der Waals surface area contributed by atoms with Crippen molar-refractivity contribution >= 4 is 28.2 Å². The smallest absolute Gasteiger partial charge is 0.341 e. The maximum Gasteiger partial charge on any atom is 0.341 e. The second-order valence-corrected chi connectivity index (χ2v) is 6.32. The predicted octanol–water partition coefficient (Wildman–Crippen LogP) is 2.65. The number of likely N-dealkylation sites (N-methyl/N-ethyl adjacent to an activating group) is 1. The second kappa shape index (κ2) is 7.04. The molecule has 1 aromatic rings. The molecular weight excluding hydrogens is 288 g/mol. The van der Waals surface area contributed by atoms with Crippen molar-refractivity contribution in [1.29, 1.82) is 0 Å². The van der Waals surface area contributed by atoms with E-state index in [1.165, 1.54) is 11.3 Å². The van der Waals surface area contributed by atoms with Gasteiger partial charge in [0.25, 0.3) is 0 Å². The Morgan fingerprint density at radius 3 is 2.81 bits per heavy atom. The average Bonchev–Trinajstić information content (AvgIpc) is 2.75. The number of hydrogen-bond acceptors (Lipinski definition) is 5. The van der Waals surface area contributed by atoms with Crippen LogP contribution in [0.3, 0.4) is 0 Å². The summed E-state index contributed by atoms with van der Waals surface area (Å²) in [7, 11) is 2.06. The van der Waals surface area contributed by atoms with Gasteiger partial charge in [-0.05, 0) is 32.4 Å². The lowest BCUT2D eigenvalue weighted by atomic mass is 10.0. The summed E-state index contributed by atoms with van der Waals surface area (Å²) in [6.07, 6.45) is 2.07. The lowest BCUT2D eigenvalue weighted by Crippen LogP contribution is -2.26. The van der Waals surface area contributed by atoms with Crippen LogP contribution in [0, 0.1) is 0 Å². The quantitative estimate of drug-likeness (QED) is 0.850. The lowest BCUT2D eigenvalue weighted by Gasteiger charge is -2.22. The molecule has 0 atom stereocenters. The van der Waals surface area contributed by atoms with Crippen LogP contribution in [0.2, 0.25) is 0 Å². The predicted molar refractivity (Wildman–Crippen MR) is 83.9 cm³/mol. The molecule has 0 bridgehead atoms. The summed E-state index contributed by atoms with van der Waals surface area (Å²) in [6.45, 7) is 5.82. The Bertz CT molecular complexity index is 539. The van der Waals surface area contributed by atoms with Crippen LogP contribution in [-0.4, -0.2) is 37.0 Å². The van der Waals surface area contributed by atoms with Crippen molar-refractivity contribution in [3.05, 3.63) is 16.0 Å². The van der Waals surface area contributed by atoms with Crippen molar-refractivity contribution in [3.63, 3.8) is 0 Å². The fourth-order valence-corrected chi connectivity index (χ4v) is 3.79. The minimum absolute atomic E-state index is 0.0463. The Balaban J connectivity index is 2.33. The monoisotopic (exact) mass is 310 g/mol. The van der Waals surface area contributed by atoms with Crippen LogP contribution >= 0.6 is 11.3 Å². The third-order valence-electron chi connectivity index (χ3n) is 3.46. The molecule has 1 amide bonds. The average molecular weight is 310 g/mol. The molecule has 116 valence electrons. The Morgan fingerprint density at radius 2 is 2.14 bits per heavy atom. The van der Waals surface area contributed by atoms with Crippen LogP contribution in [-0.2, 0) is 22.5 Å². The van der Waals surface area contributed by atoms with Crippen LogP contribution < -0.4 is 5.32 Å². The van der Waals surface area contributed by atoms with Crippen molar-refractivity contribution in [1.82, 2.24) is 4.90 Å². The first-order valence-electron chi connectivity index (χ1n) is 7.36. The molecule has 1 N–H and O–H groups in total.